The Morgan fingerprint density at radius 3 is 2.52 bits per heavy atom. The molecule has 0 bridgehead atoms. The Kier molecular flexibility index (Phi) is 6.08. The summed E-state index contributed by atoms with van der Waals surface area (Å²) in [4.78, 5) is 0. The van der Waals surface area contributed by atoms with Crippen LogP contribution in [0.3, 0.4) is 0 Å². The Bertz CT molecular complexity index is 1210. The minimum atomic E-state index is -0.244. The van der Waals surface area contributed by atoms with E-state index in [9.17, 15) is 4.39 Å². The Labute approximate surface area is 185 Å². The van der Waals surface area contributed by atoms with Gasteiger partial charge in [-0.05, 0) is 43.3 Å². The van der Waals surface area contributed by atoms with Crippen LogP contribution in [0.25, 0.3) is 0 Å². The molecule has 0 fully saturated rings. The number of thiocarbonyl (C=S) groups is 1. The molecule has 0 spiro atoms. The summed E-state index contributed by atoms with van der Waals surface area (Å²) in [6, 6.07) is 16.8. The van der Waals surface area contributed by atoms with E-state index in [1.165, 1.54) is 17.2 Å². The van der Waals surface area contributed by atoms with Crippen LogP contribution in [0.5, 0.6) is 0 Å². The van der Waals surface area contributed by atoms with Crippen molar-refractivity contribution >= 4 is 28.8 Å². The minimum absolute atomic E-state index is 0.244. The fourth-order valence-corrected chi connectivity index (χ4v) is 3.50. The molecule has 0 amide bonds. The van der Waals surface area contributed by atoms with E-state index in [0.717, 1.165) is 11.4 Å². The molecule has 0 aliphatic heterocycles. The highest BCUT2D eigenvalue weighted by atomic mass is 32.1. The molecule has 0 saturated carbocycles. The maximum atomic E-state index is 13.9. The van der Waals surface area contributed by atoms with E-state index in [2.05, 4.69) is 39.9 Å². The fourth-order valence-electron chi connectivity index (χ4n) is 3.27. The molecule has 31 heavy (non-hydrogen) atoms. The van der Waals surface area contributed by atoms with Crippen LogP contribution >= 0.6 is 12.2 Å². The van der Waals surface area contributed by atoms with Gasteiger partial charge in [0.2, 0.25) is 0 Å². The van der Waals surface area contributed by atoms with E-state index >= 15 is 0 Å². The van der Waals surface area contributed by atoms with Crippen LogP contribution in [0, 0.1) is 19.7 Å². The summed E-state index contributed by atoms with van der Waals surface area (Å²) < 4.78 is 17.5. The number of benzene rings is 2. The van der Waals surface area contributed by atoms with Gasteiger partial charge >= 0.3 is 0 Å². The maximum absolute atomic E-state index is 13.9. The summed E-state index contributed by atoms with van der Waals surface area (Å²) in [6.45, 7) is 5.05. The zero-order chi connectivity index (χ0) is 21.8. The van der Waals surface area contributed by atoms with Crippen LogP contribution < -0.4 is 10.6 Å². The summed E-state index contributed by atoms with van der Waals surface area (Å²) in [5.41, 5.74) is 4.72. The Morgan fingerprint density at radius 2 is 1.74 bits per heavy atom. The zero-order valence-corrected chi connectivity index (χ0v) is 18.2. The van der Waals surface area contributed by atoms with Crippen molar-refractivity contribution in [1.82, 2.24) is 19.6 Å². The number of rotatable bonds is 6. The predicted octanol–water partition coefficient (Wildman–Crippen LogP) is 4.74. The van der Waals surface area contributed by atoms with Gasteiger partial charge in [0, 0.05) is 23.5 Å². The number of hydrogen-bond acceptors (Lipinski definition) is 3. The highest BCUT2D eigenvalue weighted by molar-refractivity contribution is 7.80. The Balaban J connectivity index is 1.37. The summed E-state index contributed by atoms with van der Waals surface area (Å²) in [6.07, 6.45) is 3.64. The van der Waals surface area contributed by atoms with Gasteiger partial charge in [0.05, 0.1) is 25.0 Å². The second-order valence-corrected chi connectivity index (χ2v) is 7.76. The molecular weight excluding hydrogens is 411 g/mol. The fraction of sp³-hybridized carbons (Fsp3) is 0.174. The standard InChI is InChI=1S/C23H23FN6S/c1-16-7-3-4-8-18(16)13-29-15-20(12-25-29)26-23(31)27-22-11-17(2)30(28-22)14-19-9-5-6-10-21(19)24/h3-12,15H,13-14H2,1-2H3,(H2,26,27,28,31). The SMILES string of the molecule is Cc1ccccc1Cn1cc(NC(=S)Nc2cc(C)n(Cc3ccccc3F)n2)cn1. The highest BCUT2D eigenvalue weighted by Crippen LogP contribution is 2.15. The van der Waals surface area contributed by atoms with Gasteiger partial charge in [-0.15, -0.1) is 0 Å². The topological polar surface area (TPSA) is 59.7 Å². The van der Waals surface area contributed by atoms with E-state index in [-0.39, 0.29) is 5.82 Å². The minimum Gasteiger partial charge on any atom is -0.330 e. The molecule has 158 valence electrons. The van der Waals surface area contributed by atoms with Crippen molar-refractivity contribution in [3.63, 3.8) is 0 Å². The summed E-state index contributed by atoms with van der Waals surface area (Å²) in [7, 11) is 0. The average Bonchev–Trinajstić information content (AvgIpc) is 3.31. The first kappa shape index (κ1) is 20.7. The number of halogens is 1. The van der Waals surface area contributed by atoms with Gasteiger partial charge in [-0.3, -0.25) is 9.36 Å². The molecule has 2 N–H and O–H groups in total. The van der Waals surface area contributed by atoms with Gasteiger partial charge in [0.1, 0.15) is 5.82 Å². The van der Waals surface area contributed by atoms with Gasteiger partial charge in [-0.25, -0.2) is 4.39 Å². The summed E-state index contributed by atoms with van der Waals surface area (Å²) >= 11 is 5.41. The summed E-state index contributed by atoms with van der Waals surface area (Å²) in [5.74, 6) is 0.352. The van der Waals surface area contributed by atoms with Gasteiger partial charge in [-0.1, -0.05) is 42.5 Å². The van der Waals surface area contributed by atoms with Crippen molar-refractivity contribution in [2.24, 2.45) is 0 Å². The number of aromatic nitrogens is 4. The van der Waals surface area contributed by atoms with Crippen molar-refractivity contribution in [3.8, 4) is 0 Å². The number of nitrogens with one attached hydrogen (secondary N) is 2. The molecule has 0 saturated heterocycles. The second-order valence-electron chi connectivity index (χ2n) is 7.35. The maximum Gasteiger partial charge on any atom is 0.176 e. The van der Waals surface area contributed by atoms with Crippen molar-refractivity contribution in [2.45, 2.75) is 26.9 Å². The molecule has 6 nitrogen and oxygen atoms in total. The van der Waals surface area contributed by atoms with Crippen LogP contribution in [0.1, 0.15) is 22.4 Å². The van der Waals surface area contributed by atoms with Crippen LogP contribution in [0.4, 0.5) is 15.9 Å². The first-order valence-electron chi connectivity index (χ1n) is 9.91. The number of nitrogens with zero attached hydrogens (tertiary/aromatic N) is 4. The van der Waals surface area contributed by atoms with Crippen LogP contribution in [0.2, 0.25) is 0 Å². The molecule has 0 aliphatic carbocycles. The van der Waals surface area contributed by atoms with E-state index in [1.54, 1.807) is 23.0 Å². The van der Waals surface area contributed by atoms with Crippen molar-refractivity contribution < 1.29 is 4.39 Å². The molecule has 2 aromatic carbocycles. The molecular formula is C23H23FN6S. The lowest BCUT2D eigenvalue weighted by atomic mass is 10.1. The van der Waals surface area contributed by atoms with Crippen LogP contribution in [0.15, 0.2) is 67.0 Å². The van der Waals surface area contributed by atoms with Crippen molar-refractivity contribution in [1.29, 1.82) is 0 Å². The third kappa shape index (κ3) is 5.16. The molecule has 0 unspecified atom stereocenters. The number of aryl methyl sites for hydroxylation is 2. The van der Waals surface area contributed by atoms with Crippen molar-refractivity contribution in [3.05, 3.63) is 95.2 Å². The van der Waals surface area contributed by atoms with Gasteiger partial charge in [0.15, 0.2) is 10.9 Å². The second kappa shape index (κ2) is 9.09. The van der Waals surface area contributed by atoms with E-state index in [0.29, 0.717) is 29.6 Å². The number of hydrogen-bond donors (Lipinski definition) is 2. The first-order valence-corrected chi connectivity index (χ1v) is 10.3. The largest absolute Gasteiger partial charge is 0.330 e. The highest BCUT2D eigenvalue weighted by Gasteiger charge is 2.10. The molecule has 0 atom stereocenters. The van der Waals surface area contributed by atoms with Crippen molar-refractivity contribution in [2.75, 3.05) is 10.6 Å². The van der Waals surface area contributed by atoms with E-state index < -0.39 is 0 Å². The molecule has 2 aromatic heterocycles. The van der Waals surface area contributed by atoms with E-state index in [4.69, 9.17) is 12.2 Å². The van der Waals surface area contributed by atoms with E-state index in [1.807, 2.05) is 42.1 Å². The quantitative estimate of drug-likeness (QED) is 0.429. The first-order chi connectivity index (χ1) is 15.0. The molecule has 0 aliphatic rings. The summed E-state index contributed by atoms with van der Waals surface area (Å²) in [5, 5.41) is 15.5. The van der Waals surface area contributed by atoms with Gasteiger partial charge in [0.25, 0.3) is 0 Å². The lowest BCUT2D eigenvalue weighted by molar-refractivity contribution is 0.581. The van der Waals surface area contributed by atoms with Crippen LogP contribution in [-0.4, -0.2) is 24.7 Å². The molecule has 8 heteroatoms. The third-order valence-corrected chi connectivity index (χ3v) is 5.19. The van der Waals surface area contributed by atoms with Crippen LogP contribution in [-0.2, 0) is 13.1 Å². The molecule has 2 heterocycles. The molecule has 4 rings (SSSR count). The Hall–Kier alpha value is -3.52. The monoisotopic (exact) mass is 434 g/mol. The predicted molar refractivity (Wildman–Crippen MR) is 125 cm³/mol. The third-order valence-electron chi connectivity index (χ3n) is 4.99. The zero-order valence-electron chi connectivity index (χ0n) is 17.3. The molecule has 0 radical (unpaired) electrons. The lowest BCUT2D eigenvalue weighted by Gasteiger charge is -2.07. The van der Waals surface area contributed by atoms with Gasteiger partial charge < -0.3 is 10.6 Å². The molecule has 4 aromatic rings. The van der Waals surface area contributed by atoms with Gasteiger partial charge in [-0.2, -0.15) is 10.2 Å². The normalized spacial score (nSPS) is 10.8. The Morgan fingerprint density at radius 1 is 1.00 bits per heavy atom. The smallest absolute Gasteiger partial charge is 0.176 e. The lowest BCUT2D eigenvalue weighted by Crippen LogP contribution is -2.19. The number of anilines is 2. The average molecular weight is 435 g/mol.